The zero-order chi connectivity index (χ0) is 15.4. The second-order valence-corrected chi connectivity index (χ2v) is 5.67. The number of methoxy groups -OCH3 is 1. The van der Waals surface area contributed by atoms with Gasteiger partial charge in [0, 0.05) is 25.9 Å². The second kappa shape index (κ2) is 6.11. The molecule has 0 aromatic rings. The van der Waals surface area contributed by atoms with Crippen molar-refractivity contribution in [1.29, 1.82) is 0 Å². The van der Waals surface area contributed by atoms with E-state index >= 15 is 0 Å². The minimum Gasteiger partial charge on any atom is -0.466 e. The maximum absolute atomic E-state index is 11.9. The van der Waals surface area contributed by atoms with E-state index in [0.717, 1.165) is 0 Å². The maximum atomic E-state index is 11.9. The van der Waals surface area contributed by atoms with E-state index < -0.39 is 23.3 Å². The van der Waals surface area contributed by atoms with Crippen LogP contribution in [0.1, 0.15) is 33.6 Å². The van der Waals surface area contributed by atoms with Crippen LogP contribution in [0, 0.1) is 0 Å². The number of ether oxygens (including phenoxy) is 3. The molecule has 0 atom stereocenters. The monoisotopic (exact) mass is 287 g/mol. The Bertz CT molecular complexity index is 379. The van der Waals surface area contributed by atoms with Crippen molar-refractivity contribution in [2.45, 2.75) is 44.8 Å². The summed E-state index contributed by atoms with van der Waals surface area (Å²) >= 11 is 0. The molecule has 1 amide bonds. The summed E-state index contributed by atoms with van der Waals surface area (Å²) in [5, 5.41) is 0. The van der Waals surface area contributed by atoms with Gasteiger partial charge in [0.2, 0.25) is 5.60 Å². The van der Waals surface area contributed by atoms with Crippen molar-refractivity contribution < 1.29 is 28.6 Å². The van der Waals surface area contributed by atoms with Crippen LogP contribution in [0.3, 0.4) is 0 Å². The van der Waals surface area contributed by atoms with Gasteiger partial charge in [0.15, 0.2) is 0 Å². The molecule has 20 heavy (non-hydrogen) atoms. The molecule has 0 unspecified atom stereocenters. The number of nitrogens with zero attached hydrogens (tertiary/aromatic N) is 1. The molecule has 0 spiro atoms. The topological polar surface area (TPSA) is 82.1 Å². The third-order valence-corrected chi connectivity index (χ3v) is 3.05. The highest BCUT2D eigenvalue weighted by molar-refractivity contribution is 5.81. The first kappa shape index (κ1) is 16.3. The van der Waals surface area contributed by atoms with Crippen LogP contribution in [0.25, 0.3) is 0 Å². The Labute approximate surface area is 118 Å². The number of carbonyl (C=O) groups is 3. The third kappa shape index (κ3) is 3.85. The highest BCUT2D eigenvalue weighted by Gasteiger charge is 2.46. The molecule has 1 saturated heterocycles. The average molecular weight is 287 g/mol. The molecule has 1 heterocycles. The summed E-state index contributed by atoms with van der Waals surface area (Å²) in [6.07, 6.45) is -0.0583. The lowest BCUT2D eigenvalue weighted by Crippen LogP contribution is -2.53. The van der Waals surface area contributed by atoms with Gasteiger partial charge in [-0.05, 0) is 20.8 Å². The molecule has 0 aromatic carbocycles. The zero-order valence-electron chi connectivity index (χ0n) is 12.3. The van der Waals surface area contributed by atoms with Crippen molar-refractivity contribution in [3.8, 4) is 0 Å². The number of amides is 1. The Morgan fingerprint density at radius 1 is 1.20 bits per heavy atom. The Kier molecular flexibility index (Phi) is 4.97. The van der Waals surface area contributed by atoms with Gasteiger partial charge < -0.3 is 19.1 Å². The second-order valence-electron chi connectivity index (χ2n) is 5.67. The number of hydrogen-bond acceptors (Lipinski definition) is 6. The standard InChI is InChI=1S/C13H21NO6/c1-12(2,3)20-11(17)14-7-5-13(6-8-14,19-9-15)10(16)18-4/h9H,5-8H2,1-4H3. The van der Waals surface area contributed by atoms with Gasteiger partial charge in [0.25, 0.3) is 6.47 Å². The van der Waals surface area contributed by atoms with Crippen molar-refractivity contribution >= 4 is 18.5 Å². The maximum Gasteiger partial charge on any atom is 0.410 e. The smallest absolute Gasteiger partial charge is 0.410 e. The zero-order valence-corrected chi connectivity index (χ0v) is 12.3. The normalized spacial score (nSPS) is 18.1. The van der Waals surface area contributed by atoms with Crippen molar-refractivity contribution in [3.63, 3.8) is 0 Å². The fraction of sp³-hybridized carbons (Fsp3) is 0.769. The molecule has 0 N–H and O–H groups in total. The van der Waals surface area contributed by atoms with E-state index in [1.54, 1.807) is 20.8 Å². The van der Waals surface area contributed by atoms with Crippen LogP contribution in [0.5, 0.6) is 0 Å². The summed E-state index contributed by atoms with van der Waals surface area (Å²) in [6.45, 7) is 6.10. The van der Waals surface area contributed by atoms with E-state index in [1.807, 2.05) is 0 Å². The lowest BCUT2D eigenvalue weighted by atomic mass is 9.91. The van der Waals surface area contributed by atoms with Crippen LogP contribution in [0.15, 0.2) is 0 Å². The van der Waals surface area contributed by atoms with Crippen LogP contribution in [0.2, 0.25) is 0 Å². The Morgan fingerprint density at radius 3 is 2.15 bits per heavy atom. The molecule has 1 fully saturated rings. The van der Waals surface area contributed by atoms with Crippen molar-refractivity contribution in [2.75, 3.05) is 20.2 Å². The molecular formula is C13H21NO6. The molecule has 0 aromatic heterocycles. The van der Waals surface area contributed by atoms with Crippen molar-refractivity contribution in [2.24, 2.45) is 0 Å². The summed E-state index contributed by atoms with van der Waals surface area (Å²) in [4.78, 5) is 35.7. The summed E-state index contributed by atoms with van der Waals surface area (Å²) in [5.41, 5.74) is -1.87. The summed E-state index contributed by atoms with van der Waals surface area (Å²) in [6, 6.07) is 0. The van der Waals surface area contributed by atoms with Crippen LogP contribution in [-0.2, 0) is 23.8 Å². The van der Waals surface area contributed by atoms with Gasteiger partial charge in [-0.3, -0.25) is 4.79 Å². The molecule has 1 rings (SSSR count). The largest absolute Gasteiger partial charge is 0.466 e. The summed E-state index contributed by atoms with van der Waals surface area (Å²) < 4.78 is 14.8. The van der Waals surface area contributed by atoms with E-state index in [-0.39, 0.29) is 32.4 Å². The first-order chi connectivity index (χ1) is 9.24. The molecule has 7 nitrogen and oxygen atoms in total. The van der Waals surface area contributed by atoms with Gasteiger partial charge in [-0.2, -0.15) is 0 Å². The molecule has 1 aliphatic heterocycles. The number of rotatable bonds is 3. The van der Waals surface area contributed by atoms with Gasteiger partial charge >= 0.3 is 12.1 Å². The van der Waals surface area contributed by atoms with Crippen molar-refractivity contribution in [1.82, 2.24) is 4.90 Å². The molecule has 0 aliphatic carbocycles. The Morgan fingerprint density at radius 2 is 1.75 bits per heavy atom. The van der Waals surface area contributed by atoms with Gasteiger partial charge in [-0.25, -0.2) is 9.59 Å². The Balaban J connectivity index is 2.67. The van der Waals surface area contributed by atoms with E-state index in [4.69, 9.17) is 9.47 Å². The molecule has 0 saturated carbocycles. The summed E-state index contributed by atoms with van der Waals surface area (Å²) in [7, 11) is 1.23. The number of carbonyl (C=O) groups excluding carboxylic acids is 3. The van der Waals surface area contributed by atoms with Gasteiger partial charge in [0.1, 0.15) is 5.60 Å². The van der Waals surface area contributed by atoms with E-state index in [2.05, 4.69) is 4.74 Å². The van der Waals surface area contributed by atoms with Gasteiger partial charge in [0.05, 0.1) is 7.11 Å². The minimum absolute atomic E-state index is 0.192. The van der Waals surface area contributed by atoms with Crippen molar-refractivity contribution in [3.05, 3.63) is 0 Å². The quantitative estimate of drug-likeness (QED) is 0.439. The molecule has 114 valence electrons. The molecule has 0 bridgehead atoms. The number of hydrogen-bond donors (Lipinski definition) is 0. The van der Waals surface area contributed by atoms with Crippen LogP contribution < -0.4 is 0 Å². The van der Waals surface area contributed by atoms with E-state index in [1.165, 1.54) is 12.0 Å². The molecule has 7 heteroatoms. The highest BCUT2D eigenvalue weighted by atomic mass is 16.6. The molecule has 0 radical (unpaired) electrons. The third-order valence-electron chi connectivity index (χ3n) is 3.05. The molecule has 1 aliphatic rings. The number of esters is 1. The first-order valence-electron chi connectivity index (χ1n) is 6.42. The van der Waals surface area contributed by atoms with Gasteiger partial charge in [-0.1, -0.05) is 0 Å². The SMILES string of the molecule is COC(=O)C1(OC=O)CCN(C(=O)OC(C)(C)C)CC1. The fourth-order valence-electron chi connectivity index (χ4n) is 2.03. The predicted octanol–water partition coefficient (Wildman–Crippen LogP) is 1.10. The first-order valence-corrected chi connectivity index (χ1v) is 6.42. The van der Waals surface area contributed by atoms with E-state index in [0.29, 0.717) is 0 Å². The van der Waals surface area contributed by atoms with E-state index in [9.17, 15) is 14.4 Å². The lowest BCUT2D eigenvalue weighted by Gasteiger charge is -2.38. The highest BCUT2D eigenvalue weighted by Crippen LogP contribution is 2.28. The minimum atomic E-state index is -1.30. The Hall–Kier alpha value is -1.79. The fourth-order valence-corrected chi connectivity index (χ4v) is 2.03. The van der Waals surface area contributed by atoms with Crippen LogP contribution >= 0.6 is 0 Å². The summed E-state index contributed by atoms with van der Waals surface area (Å²) in [5.74, 6) is -0.603. The predicted molar refractivity (Wildman–Crippen MR) is 68.9 cm³/mol. The number of piperidine rings is 1. The molecular weight excluding hydrogens is 266 g/mol. The van der Waals surface area contributed by atoms with Gasteiger partial charge in [-0.15, -0.1) is 0 Å². The lowest BCUT2D eigenvalue weighted by molar-refractivity contribution is -0.178. The average Bonchev–Trinajstić information content (AvgIpc) is 2.36. The number of likely N-dealkylation sites (tertiary alicyclic amines) is 1. The van der Waals surface area contributed by atoms with Crippen LogP contribution in [-0.4, -0.2) is 54.8 Å². The van der Waals surface area contributed by atoms with Crippen LogP contribution in [0.4, 0.5) is 4.79 Å².